The third-order valence-corrected chi connectivity index (χ3v) is 5.32. The number of fused-ring (bicyclic) bond motifs is 1. The molecule has 0 bridgehead atoms. The van der Waals surface area contributed by atoms with E-state index >= 15 is 0 Å². The third kappa shape index (κ3) is 4.38. The number of carboxylic acid groups (broad SMARTS) is 1. The zero-order valence-corrected chi connectivity index (χ0v) is 17.5. The van der Waals surface area contributed by atoms with E-state index in [2.05, 4.69) is 32.5 Å². The molecule has 1 saturated heterocycles. The predicted octanol–water partition coefficient (Wildman–Crippen LogP) is 1.06. The van der Waals surface area contributed by atoms with Gasteiger partial charge in [-0.2, -0.15) is 10.1 Å². The van der Waals surface area contributed by atoms with Crippen molar-refractivity contribution in [3.63, 3.8) is 0 Å². The molecule has 31 heavy (non-hydrogen) atoms. The van der Waals surface area contributed by atoms with Gasteiger partial charge in [-0.1, -0.05) is 0 Å². The van der Waals surface area contributed by atoms with Crippen molar-refractivity contribution in [1.82, 2.24) is 30.0 Å². The van der Waals surface area contributed by atoms with E-state index < -0.39 is 6.09 Å². The lowest BCUT2D eigenvalue weighted by molar-refractivity contribution is 0.0983. The average molecular weight is 430 g/mol. The third-order valence-electron chi connectivity index (χ3n) is 5.32. The minimum absolute atomic E-state index is 0.130. The van der Waals surface area contributed by atoms with Crippen molar-refractivity contribution in [2.45, 2.75) is 32.9 Å². The summed E-state index contributed by atoms with van der Waals surface area (Å²) in [4.78, 5) is 36.2. The highest BCUT2D eigenvalue weighted by Crippen LogP contribution is 2.29. The quantitative estimate of drug-likeness (QED) is 0.655. The van der Waals surface area contributed by atoms with Crippen molar-refractivity contribution in [1.29, 1.82) is 0 Å². The number of amides is 3. The van der Waals surface area contributed by atoms with Crippen molar-refractivity contribution >= 4 is 23.6 Å². The molecule has 1 unspecified atom stereocenters. The number of morpholine rings is 1. The Hall–Kier alpha value is -3.41. The molecule has 3 amide bonds. The van der Waals surface area contributed by atoms with Gasteiger partial charge in [-0.15, -0.1) is 0 Å². The Morgan fingerprint density at radius 1 is 1.32 bits per heavy atom. The number of urea groups is 1. The second-order valence-corrected chi connectivity index (χ2v) is 7.50. The first-order valence-electron chi connectivity index (χ1n) is 10.3. The van der Waals surface area contributed by atoms with Crippen LogP contribution < -0.4 is 15.5 Å². The summed E-state index contributed by atoms with van der Waals surface area (Å²) in [5.41, 5.74) is 2.13. The maximum atomic E-state index is 11.8. The van der Waals surface area contributed by atoms with Crippen LogP contribution in [0.15, 0.2) is 12.4 Å². The van der Waals surface area contributed by atoms with Gasteiger partial charge in [-0.05, 0) is 20.3 Å². The standard InChI is InChI=1S/C19H26N8O4/c1-3-20-18(28)22-13-8-21-27(9-13)17-23-15-10-25(19(29)30)5-4-14(15)16(24-17)26-6-7-31-11-12(26)2/h8-9,12H,3-7,10-11H2,1-2H3,(H,29,30)(H2,20,22,28). The molecule has 2 aliphatic heterocycles. The Morgan fingerprint density at radius 3 is 2.90 bits per heavy atom. The molecule has 2 aromatic rings. The minimum Gasteiger partial charge on any atom is -0.465 e. The second-order valence-electron chi connectivity index (χ2n) is 7.50. The molecule has 2 aliphatic rings. The molecule has 0 spiro atoms. The molecule has 166 valence electrons. The molecule has 0 aromatic carbocycles. The zero-order chi connectivity index (χ0) is 22.0. The van der Waals surface area contributed by atoms with E-state index in [0.717, 1.165) is 11.4 Å². The van der Waals surface area contributed by atoms with Crippen LogP contribution in [0, 0.1) is 0 Å². The summed E-state index contributed by atoms with van der Waals surface area (Å²) in [5, 5.41) is 19.1. The largest absolute Gasteiger partial charge is 0.465 e. The van der Waals surface area contributed by atoms with Gasteiger partial charge in [0.15, 0.2) is 0 Å². The number of anilines is 2. The number of aromatic nitrogens is 4. The number of rotatable bonds is 4. The van der Waals surface area contributed by atoms with Crippen molar-refractivity contribution in [2.75, 3.05) is 43.1 Å². The molecule has 1 fully saturated rings. The van der Waals surface area contributed by atoms with Crippen LogP contribution in [0.4, 0.5) is 21.1 Å². The molecule has 4 heterocycles. The van der Waals surface area contributed by atoms with Gasteiger partial charge in [0.1, 0.15) is 5.82 Å². The molecule has 0 radical (unpaired) electrons. The van der Waals surface area contributed by atoms with Gasteiger partial charge < -0.3 is 30.3 Å². The topological polar surface area (TPSA) is 138 Å². The maximum Gasteiger partial charge on any atom is 0.407 e. The maximum absolute atomic E-state index is 11.8. The van der Waals surface area contributed by atoms with E-state index in [1.165, 1.54) is 15.8 Å². The van der Waals surface area contributed by atoms with Crippen molar-refractivity contribution in [3.05, 3.63) is 23.7 Å². The van der Waals surface area contributed by atoms with Crippen LogP contribution in [0.2, 0.25) is 0 Å². The first kappa shape index (κ1) is 20.8. The lowest BCUT2D eigenvalue weighted by Crippen LogP contribution is -2.46. The Kier molecular flexibility index (Phi) is 5.89. The molecule has 0 saturated carbocycles. The predicted molar refractivity (Wildman–Crippen MR) is 112 cm³/mol. The van der Waals surface area contributed by atoms with Gasteiger partial charge in [0, 0.05) is 25.2 Å². The number of carbonyl (C=O) groups excluding carboxylic acids is 1. The number of nitrogens with zero attached hydrogens (tertiary/aromatic N) is 6. The van der Waals surface area contributed by atoms with E-state index in [9.17, 15) is 14.7 Å². The fraction of sp³-hybridized carbons (Fsp3) is 0.526. The molecule has 12 nitrogen and oxygen atoms in total. The Balaban J connectivity index is 1.71. The van der Waals surface area contributed by atoms with Crippen LogP contribution in [0.25, 0.3) is 5.95 Å². The summed E-state index contributed by atoms with van der Waals surface area (Å²) in [6, 6.07) is -0.195. The Morgan fingerprint density at radius 2 is 2.16 bits per heavy atom. The first-order valence-corrected chi connectivity index (χ1v) is 10.3. The van der Waals surface area contributed by atoms with Gasteiger partial charge >= 0.3 is 12.1 Å². The molecular weight excluding hydrogens is 404 g/mol. The van der Waals surface area contributed by atoms with E-state index in [4.69, 9.17) is 9.72 Å². The molecule has 1 atom stereocenters. The van der Waals surface area contributed by atoms with Crippen molar-refractivity contribution < 1.29 is 19.4 Å². The lowest BCUT2D eigenvalue weighted by atomic mass is 10.0. The number of hydrogen-bond acceptors (Lipinski definition) is 7. The number of nitrogens with one attached hydrogen (secondary N) is 2. The monoisotopic (exact) mass is 430 g/mol. The minimum atomic E-state index is -0.973. The Bertz CT molecular complexity index is 978. The van der Waals surface area contributed by atoms with Gasteiger partial charge in [0.2, 0.25) is 0 Å². The summed E-state index contributed by atoms with van der Waals surface area (Å²) in [7, 11) is 0. The SMILES string of the molecule is CCNC(=O)Nc1cnn(-c2nc3c(c(N4CCOCC4C)n2)CCN(C(=O)O)C3)c1. The van der Waals surface area contributed by atoms with E-state index in [1.807, 2.05) is 6.92 Å². The molecule has 3 N–H and O–H groups in total. The van der Waals surface area contributed by atoms with E-state index in [-0.39, 0.29) is 18.6 Å². The van der Waals surface area contributed by atoms with Gasteiger partial charge in [-0.3, -0.25) is 0 Å². The molecule has 0 aliphatic carbocycles. The number of ether oxygens (including phenoxy) is 1. The summed E-state index contributed by atoms with van der Waals surface area (Å²) in [6.45, 7) is 6.89. The first-order chi connectivity index (χ1) is 15.0. The molecule has 12 heteroatoms. The van der Waals surface area contributed by atoms with Crippen LogP contribution in [-0.2, 0) is 17.7 Å². The highest BCUT2D eigenvalue weighted by molar-refractivity contribution is 5.88. The normalized spacial score (nSPS) is 18.5. The van der Waals surface area contributed by atoms with Crippen molar-refractivity contribution in [3.8, 4) is 5.95 Å². The smallest absolute Gasteiger partial charge is 0.407 e. The number of carbonyl (C=O) groups is 2. The summed E-state index contributed by atoms with van der Waals surface area (Å²) in [5.74, 6) is 1.11. The molecule has 4 rings (SSSR count). The fourth-order valence-electron chi connectivity index (χ4n) is 3.78. The highest BCUT2D eigenvalue weighted by Gasteiger charge is 2.30. The van der Waals surface area contributed by atoms with E-state index in [0.29, 0.717) is 56.6 Å². The van der Waals surface area contributed by atoms with Crippen LogP contribution in [0.1, 0.15) is 25.1 Å². The molecule has 2 aromatic heterocycles. The average Bonchev–Trinajstić information content (AvgIpc) is 3.21. The zero-order valence-electron chi connectivity index (χ0n) is 17.5. The van der Waals surface area contributed by atoms with Crippen molar-refractivity contribution in [2.24, 2.45) is 0 Å². The van der Waals surface area contributed by atoms with E-state index in [1.54, 1.807) is 6.20 Å². The summed E-state index contributed by atoms with van der Waals surface area (Å²) < 4.78 is 7.05. The van der Waals surface area contributed by atoms with Gasteiger partial charge in [-0.25, -0.2) is 19.3 Å². The van der Waals surface area contributed by atoms with Crippen LogP contribution in [-0.4, -0.2) is 80.8 Å². The van der Waals surface area contributed by atoms with Gasteiger partial charge in [0.05, 0.1) is 49.6 Å². The van der Waals surface area contributed by atoms with Crippen LogP contribution in [0.3, 0.4) is 0 Å². The fourth-order valence-corrected chi connectivity index (χ4v) is 3.78. The van der Waals surface area contributed by atoms with Crippen LogP contribution in [0.5, 0.6) is 0 Å². The number of hydrogen-bond donors (Lipinski definition) is 3. The second kappa shape index (κ2) is 8.76. The van der Waals surface area contributed by atoms with Gasteiger partial charge in [0.25, 0.3) is 5.95 Å². The van der Waals surface area contributed by atoms with Crippen LogP contribution >= 0.6 is 0 Å². The Labute approximate surface area is 179 Å². The summed E-state index contributed by atoms with van der Waals surface area (Å²) in [6.07, 6.45) is 2.71. The summed E-state index contributed by atoms with van der Waals surface area (Å²) >= 11 is 0. The highest BCUT2D eigenvalue weighted by atomic mass is 16.5. The molecular formula is C19H26N8O4. The lowest BCUT2D eigenvalue weighted by Gasteiger charge is -2.37.